The maximum atomic E-state index is 8.59. The van der Waals surface area contributed by atoms with Crippen molar-refractivity contribution < 1.29 is 0 Å². The molecule has 0 heterocycles. The van der Waals surface area contributed by atoms with Crippen LogP contribution in [0.1, 0.15) is 5.56 Å². The van der Waals surface area contributed by atoms with Crippen molar-refractivity contribution in [2.24, 2.45) is 0 Å². The number of hydrogen-bond acceptors (Lipinski definition) is 2. The fourth-order valence-corrected chi connectivity index (χ4v) is 0.705. The SMILES string of the molecule is C=CNc1cc#ccc1C#N. The highest BCUT2D eigenvalue weighted by Crippen LogP contribution is 2.10. The van der Waals surface area contributed by atoms with Crippen molar-refractivity contribution >= 4 is 5.69 Å². The van der Waals surface area contributed by atoms with Crippen molar-refractivity contribution in [3.8, 4) is 6.07 Å². The molecule has 0 fully saturated rings. The Labute approximate surface area is 65.8 Å². The Kier molecular flexibility index (Phi) is 2.15. The maximum Gasteiger partial charge on any atom is 0.102 e. The molecule has 2 heteroatoms. The third-order valence-corrected chi connectivity index (χ3v) is 1.18. The van der Waals surface area contributed by atoms with Crippen LogP contribution < -0.4 is 5.32 Å². The van der Waals surface area contributed by atoms with Gasteiger partial charge in [-0.25, -0.2) is 0 Å². The Hall–Kier alpha value is -1.93. The fraction of sp³-hybridized carbons (Fsp3) is 0. The molecule has 0 saturated carbocycles. The van der Waals surface area contributed by atoms with Crippen molar-refractivity contribution in [1.82, 2.24) is 0 Å². The Balaban J connectivity index is 3.04. The van der Waals surface area contributed by atoms with Gasteiger partial charge in [0.2, 0.25) is 0 Å². The van der Waals surface area contributed by atoms with Gasteiger partial charge in [0, 0.05) is 12.1 Å². The van der Waals surface area contributed by atoms with Gasteiger partial charge in [0.05, 0.1) is 11.3 Å². The molecule has 1 aromatic carbocycles. The minimum absolute atomic E-state index is 0.545. The summed E-state index contributed by atoms with van der Waals surface area (Å²) >= 11 is 0. The van der Waals surface area contributed by atoms with E-state index in [1.54, 1.807) is 12.1 Å². The summed E-state index contributed by atoms with van der Waals surface area (Å²) < 4.78 is 0. The lowest BCUT2D eigenvalue weighted by Crippen LogP contribution is -1.88. The van der Waals surface area contributed by atoms with Gasteiger partial charge in [-0.15, -0.1) is 0 Å². The highest BCUT2D eigenvalue weighted by molar-refractivity contribution is 5.56. The molecule has 0 aromatic heterocycles. The Morgan fingerprint density at radius 1 is 1.55 bits per heavy atom. The molecule has 11 heavy (non-hydrogen) atoms. The number of anilines is 1. The number of nitrogens with zero attached hydrogens (tertiary/aromatic N) is 1. The van der Waals surface area contributed by atoms with Gasteiger partial charge in [0.25, 0.3) is 0 Å². The van der Waals surface area contributed by atoms with Gasteiger partial charge in [-0.3, -0.25) is 0 Å². The van der Waals surface area contributed by atoms with Crippen LogP contribution in [0, 0.1) is 23.5 Å². The zero-order valence-corrected chi connectivity index (χ0v) is 5.89. The second-order valence-electron chi connectivity index (χ2n) is 1.86. The molecule has 0 spiro atoms. The van der Waals surface area contributed by atoms with Crippen LogP contribution in [-0.2, 0) is 0 Å². The number of nitrogens with one attached hydrogen (secondary N) is 1. The molecule has 1 N–H and O–H groups in total. The fourth-order valence-electron chi connectivity index (χ4n) is 0.705. The second kappa shape index (κ2) is 3.29. The molecule has 1 aromatic rings. The molecule has 2 nitrogen and oxygen atoms in total. The zero-order chi connectivity index (χ0) is 8.10. The quantitative estimate of drug-likeness (QED) is 0.682. The van der Waals surface area contributed by atoms with Crippen LogP contribution in [0.2, 0.25) is 0 Å². The van der Waals surface area contributed by atoms with Gasteiger partial charge in [-0.1, -0.05) is 18.7 Å². The van der Waals surface area contributed by atoms with Crippen LogP contribution in [0.3, 0.4) is 0 Å². The van der Waals surface area contributed by atoms with E-state index < -0.39 is 0 Å². The smallest absolute Gasteiger partial charge is 0.102 e. The highest BCUT2D eigenvalue weighted by atomic mass is 14.8. The van der Waals surface area contributed by atoms with Gasteiger partial charge in [0.15, 0.2) is 0 Å². The average molecular weight is 142 g/mol. The molecule has 0 amide bonds. The van der Waals surface area contributed by atoms with E-state index in [2.05, 4.69) is 24.0 Å². The third kappa shape index (κ3) is 1.50. The summed E-state index contributed by atoms with van der Waals surface area (Å²) in [5, 5.41) is 11.4. The molecule has 0 unspecified atom stereocenters. The van der Waals surface area contributed by atoms with Gasteiger partial charge in [-0.2, -0.15) is 5.26 Å². The zero-order valence-electron chi connectivity index (χ0n) is 5.89. The van der Waals surface area contributed by atoms with Crippen molar-refractivity contribution in [1.29, 1.82) is 5.26 Å². The highest BCUT2D eigenvalue weighted by Gasteiger charge is 1.94. The number of nitriles is 1. The minimum Gasteiger partial charge on any atom is -0.361 e. The van der Waals surface area contributed by atoms with Gasteiger partial charge in [-0.05, 0) is 6.20 Å². The van der Waals surface area contributed by atoms with Crippen LogP contribution >= 0.6 is 0 Å². The monoisotopic (exact) mass is 142 g/mol. The topological polar surface area (TPSA) is 35.8 Å². The van der Waals surface area contributed by atoms with Crippen molar-refractivity contribution in [3.05, 3.63) is 42.6 Å². The maximum absolute atomic E-state index is 8.59. The van der Waals surface area contributed by atoms with E-state index >= 15 is 0 Å². The van der Waals surface area contributed by atoms with Gasteiger partial charge in [0.1, 0.15) is 6.07 Å². The van der Waals surface area contributed by atoms with Crippen LogP contribution in [0.15, 0.2) is 24.9 Å². The molecule has 0 aliphatic heterocycles. The average Bonchev–Trinajstić information content (AvgIpc) is 2.06. The lowest BCUT2D eigenvalue weighted by molar-refractivity contribution is 1.47. The molecule has 0 aliphatic rings. The Morgan fingerprint density at radius 3 is 2.91 bits per heavy atom. The van der Waals surface area contributed by atoms with E-state index in [-0.39, 0.29) is 0 Å². The second-order valence-corrected chi connectivity index (χ2v) is 1.86. The summed E-state index contributed by atoms with van der Waals surface area (Å²) in [6.07, 6.45) is 1.52. The van der Waals surface area contributed by atoms with Gasteiger partial charge < -0.3 is 5.32 Å². The predicted octanol–water partition coefficient (Wildman–Crippen LogP) is 1.71. The molecule has 0 saturated heterocycles. The van der Waals surface area contributed by atoms with Crippen molar-refractivity contribution in [3.63, 3.8) is 0 Å². The van der Waals surface area contributed by atoms with E-state index in [1.165, 1.54) is 6.20 Å². The molecule has 0 radical (unpaired) electrons. The van der Waals surface area contributed by atoms with Crippen LogP contribution in [0.25, 0.3) is 0 Å². The van der Waals surface area contributed by atoms with Crippen LogP contribution in [-0.4, -0.2) is 0 Å². The summed E-state index contributed by atoms with van der Waals surface area (Å²) in [6, 6.07) is 10.7. The molecule has 0 bridgehead atoms. The summed E-state index contributed by atoms with van der Waals surface area (Å²) in [5.41, 5.74) is 1.25. The minimum atomic E-state index is 0.545. The number of rotatable bonds is 2. The molecule has 1 rings (SSSR count). The standard InChI is InChI=1S/C9H6N2/c1-2-11-9-6-4-3-5-8(9)7-10/h2,5-6,11H,1H2. The van der Waals surface area contributed by atoms with Gasteiger partial charge >= 0.3 is 0 Å². The first kappa shape index (κ1) is 7.18. The number of hydrogen-bond donors (Lipinski definition) is 1. The summed E-state index contributed by atoms with van der Waals surface area (Å²) in [7, 11) is 0. The third-order valence-electron chi connectivity index (χ3n) is 1.18. The largest absolute Gasteiger partial charge is 0.361 e. The van der Waals surface area contributed by atoms with E-state index in [0.29, 0.717) is 11.3 Å². The Morgan fingerprint density at radius 2 is 2.27 bits per heavy atom. The van der Waals surface area contributed by atoms with E-state index in [4.69, 9.17) is 5.26 Å². The summed E-state index contributed by atoms with van der Waals surface area (Å²) in [6.45, 7) is 3.49. The summed E-state index contributed by atoms with van der Waals surface area (Å²) in [5.74, 6) is 0. The van der Waals surface area contributed by atoms with Crippen molar-refractivity contribution in [2.45, 2.75) is 0 Å². The summed E-state index contributed by atoms with van der Waals surface area (Å²) in [4.78, 5) is 0. The van der Waals surface area contributed by atoms with Crippen LogP contribution in [0.5, 0.6) is 0 Å². The molecule has 52 valence electrons. The molecular formula is C9H6N2. The normalized spacial score (nSPS) is 7.55. The molecule has 0 aliphatic carbocycles. The molecular weight excluding hydrogens is 136 g/mol. The lowest BCUT2D eigenvalue weighted by atomic mass is 10.2. The van der Waals surface area contributed by atoms with Crippen LogP contribution in [0.4, 0.5) is 5.69 Å². The first-order chi connectivity index (χ1) is 5.38. The van der Waals surface area contributed by atoms with E-state index in [1.807, 2.05) is 6.07 Å². The Bertz CT molecular complexity index is 297. The first-order valence-electron chi connectivity index (χ1n) is 3.08. The van der Waals surface area contributed by atoms with E-state index in [0.717, 1.165) is 0 Å². The lowest BCUT2D eigenvalue weighted by Gasteiger charge is -1.97. The van der Waals surface area contributed by atoms with E-state index in [9.17, 15) is 0 Å². The predicted molar refractivity (Wildman–Crippen MR) is 42.6 cm³/mol. The van der Waals surface area contributed by atoms with Crippen molar-refractivity contribution in [2.75, 3.05) is 5.32 Å². The first-order valence-corrected chi connectivity index (χ1v) is 3.08. The molecule has 0 atom stereocenters.